The summed E-state index contributed by atoms with van der Waals surface area (Å²) in [5.41, 5.74) is 7.63. The third-order valence-corrected chi connectivity index (χ3v) is 10.3. The van der Waals surface area contributed by atoms with Crippen LogP contribution in [0.15, 0.2) is 97.1 Å². The number of fused-ring (bicyclic) bond motifs is 3. The number of benzene rings is 4. The summed E-state index contributed by atoms with van der Waals surface area (Å²) in [4.78, 5) is 0. The van der Waals surface area contributed by atoms with Gasteiger partial charge in [0.25, 0.3) is 0 Å². The molecule has 0 aliphatic heterocycles. The fourth-order valence-corrected chi connectivity index (χ4v) is 8.75. The predicted molar refractivity (Wildman–Crippen MR) is 221 cm³/mol. The van der Waals surface area contributed by atoms with Crippen LogP contribution in [0.2, 0.25) is 10.0 Å². The minimum absolute atomic E-state index is 0. The molecule has 276 valence electrons. The van der Waals surface area contributed by atoms with Gasteiger partial charge in [-0.25, -0.2) is 12.2 Å². The topological polar surface area (TPSA) is 0 Å². The van der Waals surface area contributed by atoms with Crippen LogP contribution in [0.25, 0.3) is 43.8 Å². The van der Waals surface area contributed by atoms with E-state index < -0.39 is 0 Å². The molecule has 52 heavy (non-hydrogen) atoms. The fourth-order valence-electron chi connectivity index (χ4n) is 6.49. The Morgan fingerprint density at radius 2 is 1.06 bits per heavy atom. The second kappa shape index (κ2) is 20.2. The summed E-state index contributed by atoms with van der Waals surface area (Å²) < 4.78 is 1.75. The molecule has 0 atom stereocenters. The summed E-state index contributed by atoms with van der Waals surface area (Å²) >= 11 is 14.0. The van der Waals surface area contributed by atoms with E-state index in [1.165, 1.54) is 67.8 Å². The van der Waals surface area contributed by atoms with Crippen LogP contribution in [0.5, 0.6) is 0 Å². The zero-order chi connectivity index (χ0) is 36.8. The zero-order valence-electron chi connectivity index (χ0n) is 32.5. The van der Waals surface area contributed by atoms with Gasteiger partial charge in [-0.1, -0.05) is 101 Å². The van der Waals surface area contributed by atoms with Gasteiger partial charge < -0.3 is 24.8 Å². The maximum Gasteiger partial charge on any atom is -0.109 e. The average Bonchev–Trinajstić information content (AvgIpc) is 3.71. The van der Waals surface area contributed by atoms with Gasteiger partial charge in [0, 0.05) is 10.0 Å². The summed E-state index contributed by atoms with van der Waals surface area (Å²) in [5, 5.41) is 6.69. The molecule has 0 unspecified atom stereocenters. The third kappa shape index (κ3) is 12.9. The number of hydrogen-bond donors (Lipinski definition) is 0. The molecule has 1 aliphatic rings. The molecule has 5 aromatic carbocycles. The Kier molecular flexibility index (Phi) is 18.0. The van der Waals surface area contributed by atoms with Crippen molar-refractivity contribution in [1.29, 1.82) is 0 Å². The first-order chi connectivity index (χ1) is 23.4. The average molecular weight is 852 g/mol. The Balaban J connectivity index is 0.000000462. The van der Waals surface area contributed by atoms with Crippen LogP contribution >= 0.6 is 23.2 Å². The van der Waals surface area contributed by atoms with Crippen LogP contribution in [0, 0.1) is 17.9 Å². The molecule has 0 heterocycles. The van der Waals surface area contributed by atoms with Crippen molar-refractivity contribution in [1.82, 2.24) is 0 Å². The summed E-state index contributed by atoms with van der Waals surface area (Å²) in [6.45, 7) is 22.9. The van der Waals surface area contributed by atoms with Crippen molar-refractivity contribution in [3.63, 3.8) is 0 Å². The normalized spacial score (nSPS) is 12.3. The van der Waals surface area contributed by atoms with Gasteiger partial charge in [-0.3, -0.25) is 6.08 Å². The molecule has 6 rings (SSSR count). The van der Waals surface area contributed by atoms with Crippen molar-refractivity contribution >= 4 is 48.0 Å². The smallest absolute Gasteiger partial charge is 0.109 e. The van der Waals surface area contributed by atoms with Crippen LogP contribution in [-0.2, 0) is 35.1 Å². The van der Waals surface area contributed by atoms with Gasteiger partial charge in [-0.2, -0.15) is 6.08 Å². The van der Waals surface area contributed by atoms with E-state index in [1.54, 1.807) is 27.4 Å². The van der Waals surface area contributed by atoms with Gasteiger partial charge in [0.1, 0.15) is 0 Å². The van der Waals surface area contributed by atoms with E-state index in [2.05, 4.69) is 136 Å². The largest absolute Gasteiger partial charge is 1.00 e. The van der Waals surface area contributed by atoms with Gasteiger partial charge in [0.2, 0.25) is 0 Å². The maximum atomic E-state index is 6.20. The first-order valence-corrected chi connectivity index (χ1v) is 19.9. The molecular weight excluding hydrogens is 798 g/mol. The molecule has 0 aromatic heterocycles. The molecule has 0 bridgehead atoms. The van der Waals surface area contributed by atoms with Crippen molar-refractivity contribution in [3.05, 3.63) is 124 Å². The van der Waals surface area contributed by atoms with Crippen molar-refractivity contribution < 1.29 is 49.0 Å². The third-order valence-electron chi connectivity index (χ3n) is 8.80. The van der Waals surface area contributed by atoms with E-state index >= 15 is 0 Å². The van der Waals surface area contributed by atoms with Gasteiger partial charge in [0.15, 0.2) is 0 Å². The Hall–Kier alpha value is -1.86. The molecule has 5 heteroatoms. The summed E-state index contributed by atoms with van der Waals surface area (Å²) in [7, 11) is 0. The van der Waals surface area contributed by atoms with Crippen molar-refractivity contribution in [2.75, 3.05) is 0 Å². The summed E-state index contributed by atoms with van der Waals surface area (Å²) in [5.74, 6) is 1.71. The Morgan fingerprint density at radius 3 is 1.33 bits per heavy atom. The quantitative estimate of drug-likeness (QED) is 0.150. The molecule has 0 saturated carbocycles. The Morgan fingerprint density at radius 1 is 0.673 bits per heavy atom. The second-order valence-electron chi connectivity index (χ2n) is 16.4. The van der Waals surface area contributed by atoms with E-state index in [4.69, 9.17) is 23.2 Å². The van der Waals surface area contributed by atoms with Crippen LogP contribution in [0.4, 0.5) is 0 Å². The number of halogens is 4. The predicted octanol–water partition coefficient (Wildman–Crippen LogP) is 9.06. The number of allylic oxidation sites excluding steroid dienone is 4. The molecule has 0 spiro atoms. The second-order valence-corrected chi connectivity index (χ2v) is 19.0. The monoisotopic (exact) mass is 848 g/mol. The molecule has 0 radical (unpaired) electrons. The van der Waals surface area contributed by atoms with E-state index in [0.29, 0.717) is 0 Å². The first-order valence-electron chi connectivity index (χ1n) is 18.0. The Bertz CT molecular complexity index is 1820. The number of rotatable bonds is 6. The molecule has 0 saturated heterocycles. The Labute approximate surface area is 352 Å². The van der Waals surface area contributed by atoms with E-state index in [1.807, 2.05) is 36.4 Å². The molecule has 0 nitrogen and oxygen atoms in total. The van der Waals surface area contributed by atoms with Crippen molar-refractivity contribution in [3.8, 4) is 22.3 Å². The van der Waals surface area contributed by atoms with E-state index in [0.717, 1.165) is 28.3 Å². The minimum Gasteiger partial charge on any atom is -1.00 e. The first kappa shape index (κ1) is 46.3. The summed E-state index contributed by atoms with van der Waals surface area (Å²) in [6.07, 6.45) is 12.7. The standard InChI is InChI=1S/C33H31Cl2.C9H18.C5H5.2ClH.Zr/c1-32(2,3)30-18-26-22(16-28(30)20-7-11-24(34)12-8-20)15-23-17-29(21-9-13-25(35)14-10-21)31(19-27(23)26)33(4,5)6;1-8(2)6-5-7-9(3)4;1-2-4-5-3-1;;;/h7-19H,1-6H3;8-9H,6-7H2,1-4H3;1-3H,4H2;2*1H;/q-1;;-1;;;+2/p-2. The minimum atomic E-state index is 0. The van der Waals surface area contributed by atoms with Crippen LogP contribution in [-0.4, -0.2) is 3.21 Å². The van der Waals surface area contributed by atoms with Crippen LogP contribution < -0.4 is 24.8 Å². The van der Waals surface area contributed by atoms with Crippen LogP contribution in [0.3, 0.4) is 0 Å². The van der Waals surface area contributed by atoms with E-state index in [9.17, 15) is 0 Å². The van der Waals surface area contributed by atoms with Crippen molar-refractivity contribution in [2.45, 2.75) is 99.3 Å². The summed E-state index contributed by atoms with van der Waals surface area (Å²) in [6, 6.07) is 28.3. The maximum absolute atomic E-state index is 6.20. The number of hydrogen-bond acceptors (Lipinski definition) is 0. The zero-order valence-corrected chi connectivity index (χ0v) is 38.0. The SMILES string of the molecule is CC(C)(C)c1cc2c(cc1-c1ccc(Cl)cc1)[cH-]c1cc(-c3ccc(Cl)cc3)c(C(C)(C)C)cc12.CC(C)C[C](=[Zr+2])CC(C)C.[C-]1=CC=CC1.[Cl-].[Cl-]. The van der Waals surface area contributed by atoms with Gasteiger partial charge in [-0.15, -0.1) is 46.2 Å². The molecule has 5 aromatic rings. The fraction of sp³-hybridized carbons (Fsp3) is 0.362. The van der Waals surface area contributed by atoms with Gasteiger partial charge in [0.05, 0.1) is 0 Å². The molecule has 0 amide bonds. The van der Waals surface area contributed by atoms with Crippen molar-refractivity contribution in [2.24, 2.45) is 11.8 Å². The molecular formula is C47H54Cl4Zr-2. The van der Waals surface area contributed by atoms with Gasteiger partial charge >= 0.3 is 79.8 Å². The van der Waals surface area contributed by atoms with Gasteiger partial charge in [-0.05, 0) is 68.5 Å². The molecule has 0 fully saturated rings. The molecule has 0 N–H and O–H groups in total. The van der Waals surface area contributed by atoms with E-state index in [-0.39, 0.29) is 35.6 Å². The molecule has 1 aliphatic carbocycles. The van der Waals surface area contributed by atoms with Crippen LogP contribution in [0.1, 0.15) is 99.6 Å².